The van der Waals surface area contributed by atoms with Crippen molar-refractivity contribution in [3.05, 3.63) is 46.5 Å². The van der Waals surface area contributed by atoms with Gasteiger partial charge in [0.1, 0.15) is 0 Å². The van der Waals surface area contributed by atoms with Gasteiger partial charge in [-0.15, -0.1) is 11.3 Å². The monoisotopic (exact) mass is 379 g/mol. The van der Waals surface area contributed by atoms with Gasteiger partial charge < -0.3 is 5.32 Å². The molecular formula is C17H21N3O3S2. The van der Waals surface area contributed by atoms with Crippen LogP contribution in [0.25, 0.3) is 0 Å². The summed E-state index contributed by atoms with van der Waals surface area (Å²) in [4.78, 5) is 18.0. The first kappa shape index (κ1) is 18.0. The van der Waals surface area contributed by atoms with Gasteiger partial charge in [0, 0.05) is 24.4 Å². The maximum Gasteiger partial charge on any atom is 0.233 e. The zero-order valence-electron chi connectivity index (χ0n) is 14.2. The number of nitrogens with zero attached hydrogens (tertiary/aromatic N) is 2. The van der Waals surface area contributed by atoms with Crippen molar-refractivity contribution >= 4 is 32.4 Å². The van der Waals surface area contributed by atoms with E-state index in [1.807, 2.05) is 37.3 Å². The average Bonchev–Trinajstić information content (AvgIpc) is 2.97. The molecule has 0 saturated heterocycles. The van der Waals surface area contributed by atoms with E-state index >= 15 is 0 Å². The van der Waals surface area contributed by atoms with Crippen LogP contribution in [0.1, 0.15) is 35.4 Å². The summed E-state index contributed by atoms with van der Waals surface area (Å²) in [5, 5.41) is 3.44. The smallest absolute Gasteiger partial charge is 0.233 e. The summed E-state index contributed by atoms with van der Waals surface area (Å²) in [7, 11) is -3.21. The Morgan fingerprint density at radius 2 is 2.08 bits per heavy atom. The number of thiazole rings is 1. The molecule has 8 heteroatoms. The number of rotatable bonds is 5. The highest BCUT2D eigenvalue weighted by molar-refractivity contribution is 7.88. The van der Waals surface area contributed by atoms with Crippen molar-refractivity contribution in [3.8, 4) is 0 Å². The van der Waals surface area contributed by atoms with E-state index in [4.69, 9.17) is 0 Å². The fourth-order valence-corrected chi connectivity index (χ4v) is 4.85. The van der Waals surface area contributed by atoms with Gasteiger partial charge in [-0.05, 0) is 12.0 Å². The molecule has 134 valence electrons. The first-order valence-electron chi connectivity index (χ1n) is 8.18. The maximum absolute atomic E-state index is 12.6. The highest BCUT2D eigenvalue weighted by Gasteiger charge is 2.27. The van der Waals surface area contributed by atoms with Crippen molar-refractivity contribution in [2.45, 2.75) is 32.2 Å². The van der Waals surface area contributed by atoms with Crippen molar-refractivity contribution in [2.75, 3.05) is 18.1 Å². The molecule has 2 heterocycles. The normalized spacial score (nSPS) is 16.2. The number of anilines is 1. The molecule has 1 atom stereocenters. The van der Waals surface area contributed by atoms with Gasteiger partial charge in [0.15, 0.2) is 5.13 Å². The number of benzene rings is 1. The van der Waals surface area contributed by atoms with Crippen molar-refractivity contribution in [2.24, 2.45) is 0 Å². The van der Waals surface area contributed by atoms with Crippen molar-refractivity contribution in [1.29, 1.82) is 0 Å². The van der Waals surface area contributed by atoms with Crippen LogP contribution in [-0.4, -0.2) is 36.4 Å². The van der Waals surface area contributed by atoms with E-state index in [9.17, 15) is 13.2 Å². The molecule has 2 aromatic rings. The second kappa shape index (κ2) is 7.23. The zero-order chi connectivity index (χ0) is 18.0. The Balaban J connectivity index is 1.74. The number of amides is 1. The van der Waals surface area contributed by atoms with Crippen molar-refractivity contribution < 1.29 is 13.2 Å². The number of carbonyl (C=O) groups excluding carboxylic acids is 1. The van der Waals surface area contributed by atoms with E-state index in [0.717, 1.165) is 16.1 Å². The molecule has 1 aliphatic heterocycles. The SMILES string of the molecule is CCC(C(=O)Nc1nc2c(s1)CN(S(C)(=O)=O)CC2)c1ccccc1. The molecule has 1 amide bonds. The van der Waals surface area contributed by atoms with Gasteiger partial charge in [0.2, 0.25) is 15.9 Å². The van der Waals surface area contributed by atoms with Crippen LogP contribution >= 0.6 is 11.3 Å². The molecular weight excluding hydrogens is 358 g/mol. The highest BCUT2D eigenvalue weighted by atomic mass is 32.2. The van der Waals surface area contributed by atoms with E-state index < -0.39 is 10.0 Å². The van der Waals surface area contributed by atoms with Gasteiger partial charge in [-0.25, -0.2) is 13.4 Å². The van der Waals surface area contributed by atoms with Gasteiger partial charge >= 0.3 is 0 Å². The summed E-state index contributed by atoms with van der Waals surface area (Å²) < 4.78 is 24.9. The quantitative estimate of drug-likeness (QED) is 0.866. The molecule has 1 aliphatic rings. The third-order valence-corrected chi connectivity index (χ3v) is 6.57. The third-order valence-electron chi connectivity index (χ3n) is 4.32. The molecule has 0 bridgehead atoms. The predicted octanol–water partition coefficient (Wildman–Crippen LogP) is 2.59. The van der Waals surface area contributed by atoms with Gasteiger partial charge in [0.25, 0.3) is 0 Å². The summed E-state index contributed by atoms with van der Waals surface area (Å²) >= 11 is 1.36. The molecule has 1 aromatic heterocycles. The maximum atomic E-state index is 12.6. The first-order valence-corrected chi connectivity index (χ1v) is 10.8. The molecule has 1 unspecified atom stereocenters. The summed E-state index contributed by atoms with van der Waals surface area (Å²) in [5.41, 5.74) is 1.86. The molecule has 1 N–H and O–H groups in total. The standard InChI is InChI=1S/C17H21N3O3S2/c1-3-13(12-7-5-4-6-8-12)16(21)19-17-18-14-9-10-20(25(2,22)23)11-15(14)24-17/h4-8,13H,3,9-11H2,1-2H3,(H,18,19,21). The summed E-state index contributed by atoms with van der Waals surface area (Å²) in [6, 6.07) is 9.67. The minimum atomic E-state index is -3.21. The molecule has 1 aromatic carbocycles. The lowest BCUT2D eigenvalue weighted by Gasteiger charge is -2.23. The first-order chi connectivity index (χ1) is 11.9. The number of sulfonamides is 1. The minimum absolute atomic E-state index is 0.0835. The summed E-state index contributed by atoms with van der Waals surface area (Å²) in [6.07, 6.45) is 2.49. The van der Waals surface area contributed by atoms with Crippen LogP contribution < -0.4 is 5.32 Å². The van der Waals surface area contributed by atoms with Crippen molar-refractivity contribution in [1.82, 2.24) is 9.29 Å². The Morgan fingerprint density at radius 3 is 2.72 bits per heavy atom. The van der Waals surface area contributed by atoms with Crippen LogP contribution in [0, 0.1) is 0 Å². The van der Waals surface area contributed by atoms with Gasteiger partial charge in [-0.2, -0.15) is 4.31 Å². The van der Waals surface area contributed by atoms with E-state index in [-0.39, 0.29) is 11.8 Å². The Labute approximate surface area is 151 Å². The fraction of sp³-hybridized carbons (Fsp3) is 0.412. The minimum Gasteiger partial charge on any atom is -0.301 e. The third kappa shape index (κ3) is 4.08. The molecule has 3 rings (SSSR count). The summed E-state index contributed by atoms with van der Waals surface area (Å²) in [6.45, 7) is 2.75. The molecule has 0 spiro atoms. The molecule has 0 radical (unpaired) electrons. The second-order valence-corrected chi connectivity index (χ2v) is 9.16. The van der Waals surface area contributed by atoms with Crippen LogP contribution in [0.15, 0.2) is 30.3 Å². The lowest BCUT2D eigenvalue weighted by atomic mass is 9.96. The van der Waals surface area contributed by atoms with Crippen LogP contribution in [0.3, 0.4) is 0 Å². The number of hydrogen-bond donors (Lipinski definition) is 1. The van der Waals surface area contributed by atoms with Gasteiger partial charge in [0.05, 0.1) is 17.9 Å². The van der Waals surface area contributed by atoms with Crippen LogP contribution in [0.2, 0.25) is 0 Å². The van der Waals surface area contributed by atoms with Gasteiger partial charge in [-0.1, -0.05) is 37.3 Å². The summed E-state index contributed by atoms with van der Waals surface area (Å²) in [5.74, 6) is -0.311. The van der Waals surface area contributed by atoms with Gasteiger partial charge in [-0.3, -0.25) is 4.79 Å². The Bertz CT molecular complexity index is 863. The van der Waals surface area contributed by atoms with E-state index in [1.165, 1.54) is 21.9 Å². The average molecular weight is 380 g/mol. The van der Waals surface area contributed by atoms with Crippen LogP contribution in [-0.2, 0) is 27.8 Å². The van der Waals surface area contributed by atoms with E-state index in [1.54, 1.807) is 0 Å². The second-order valence-electron chi connectivity index (χ2n) is 6.10. The Morgan fingerprint density at radius 1 is 1.36 bits per heavy atom. The molecule has 6 nitrogen and oxygen atoms in total. The topological polar surface area (TPSA) is 79.4 Å². The van der Waals surface area contributed by atoms with Crippen LogP contribution in [0.5, 0.6) is 0 Å². The number of carbonyl (C=O) groups is 1. The molecule has 0 aliphatic carbocycles. The molecule has 0 fully saturated rings. The lowest BCUT2D eigenvalue weighted by Crippen LogP contribution is -2.34. The van der Waals surface area contributed by atoms with E-state index in [0.29, 0.717) is 31.1 Å². The zero-order valence-corrected chi connectivity index (χ0v) is 15.9. The number of fused-ring (bicyclic) bond motifs is 1. The number of nitrogens with one attached hydrogen (secondary N) is 1. The number of hydrogen-bond acceptors (Lipinski definition) is 5. The Hall–Kier alpha value is -1.77. The molecule has 25 heavy (non-hydrogen) atoms. The van der Waals surface area contributed by atoms with Crippen LogP contribution in [0.4, 0.5) is 5.13 Å². The largest absolute Gasteiger partial charge is 0.301 e. The molecule has 0 saturated carbocycles. The van der Waals surface area contributed by atoms with E-state index in [2.05, 4.69) is 10.3 Å². The number of aromatic nitrogens is 1. The highest BCUT2D eigenvalue weighted by Crippen LogP contribution is 2.30. The Kier molecular flexibility index (Phi) is 5.21. The predicted molar refractivity (Wildman–Crippen MR) is 99.2 cm³/mol. The fourth-order valence-electron chi connectivity index (χ4n) is 2.96. The van der Waals surface area contributed by atoms with Crippen molar-refractivity contribution in [3.63, 3.8) is 0 Å². The lowest BCUT2D eigenvalue weighted by molar-refractivity contribution is -0.117.